The molecule has 0 spiro atoms. The quantitative estimate of drug-likeness (QED) is 0.472. The minimum absolute atomic E-state index is 0.0637. The molecule has 0 unspecified atom stereocenters. The summed E-state index contributed by atoms with van der Waals surface area (Å²) in [6.45, 7) is -0.0637. The van der Waals surface area contributed by atoms with E-state index in [-0.39, 0.29) is 17.5 Å². The van der Waals surface area contributed by atoms with Crippen LogP contribution in [0.4, 0.5) is 5.69 Å². The zero-order valence-corrected chi connectivity index (χ0v) is 16.2. The summed E-state index contributed by atoms with van der Waals surface area (Å²) < 4.78 is 10.4. The molecule has 0 radical (unpaired) electrons. The first-order valence-corrected chi connectivity index (χ1v) is 9.46. The van der Waals surface area contributed by atoms with E-state index in [0.29, 0.717) is 22.0 Å². The molecule has 9 heteroatoms. The number of para-hydroxylation sites is 1. The normalized spacial score (nSPS) is 10.7. The highest BCUT2D eigenvalue weighted by molar-refractivity contribution is 7.13. The van der Waals surface area contributed by atoms with Crippen molar-refractivity contribution in [2.45, 2.75) is 6.61 Å². The van der Waals surface area contributed by atoms with E-state index in [9.17, 15) is 9.59 Å². The standard InChI is InChI=1S/C20H16N4O4S/c1-27-13-8-6-12(7-9-13)22-18(25)19-24-23-17(29-19)11-28-20(26)15-10-21-16-5-3-2-4-14(15)16/h2-10,21H,11H2,1H3,(H,22,25). The molecule has 4 aromatic rings. The van der Waals surface area contributed by atoms with Crippen molar-refractivity contribution in [3.8, 4) is 5.75 Å². The summed E-state index contributed by atoms with van der Waals surface area (Å²) in [6.07, 6.45) is 1.61. The molecule has 0 fully saturated rings. The number of carbonyl (C=O) groups excluding carboxylic acids is 2. The Hall–Kier alpha value is -3.72. The third kappa shape index (κ3) is 4.09. The highest BCUT2D eigenvalue weighted by Crippen LogP contribution is 2.20. The van der Waals surface area contributed by atoms with Gasteiger partial charge in [-0.25, -0.2) is 4.79 Å². The van der Waals surface area contributed by atoms with Gasteiger partial charge in [-0.2, -0.15) is 0 Å². The Labute approximate surface area is 169 Å². The lowest BCUT2D eigenvalue weighted by atomic mass is 10.2. The van der Waals surface area contributed by atoms with E-state index >= 15 is 0 Å². The fourth-order valence-corrected chi connectivity index (χ4v) is 3.36. The number of hydrogen-bond donors (Lipinski definition) is 2. The number of nitrogens with one attached hydrogen (secondary N) is 2. The molecular weight excluding hydrogens is 392 g/mol. The van der Waals surface area contributed by atoms with Gasteiger partial charge in [0.05, 0.1) is 12.7 Å². The first kappa shape index (κ1) is 18.6. The van der Waals surface area contributed by atoms with Gasteiger partial charge < -0.3 is 19.8 Å². The fraction of sp³-hybridized carbons (Fsp3) is 0.100. The Morgan fingerprint density at radius 2 is 1.90 bits per heavy atom. The number of H-pyrrole nitrogens is 1. The van der Waals surface area contributed by atoms with Crippen LogP contribution in [0.15, 0.2) is 54.7 Å². The van der Waals surface area contributed by atoms with E-state index < -0.39 is 5.97 Å². The molecule has 2 aromatic heterocycles. The molecule has 0 atom stereocenters. The predicted octanol–water partition coefficient (Wildman–Crippen LogP) is 3.64. The van der Waals surface area contributed by atoms with Crippen molar-refractivity contribution >= 4 is 39.8 Å². The van der Waals surface area contributed by atoms with Crippen LogP contribution in [-0.4, -0.2) is 34.2 Å². The number of anilines is 1. The summed E-state index contributed by atoms with van der Waals surface area (Å²) in [5.41, 5.74) is 1.91. The molecule has 2 aromatic carbocycles. The number of carbonyl (C=O) groups is 2. The van der Waals surface area contributed by atoms with E-state index in [1.54, 1.807) is 37.6 Å². The number of aromatic nitrogens is 3. The fourth-order valence-electron chi connectivity index (χ4n) is 2.71. The zero-order valence-electron chi connectivity index (χ0n) is 15.3. The maximum atomic E-state index is 12.4. The van der Waals surface area contributed by atoms with E-state index in [1.165, 1.54) is 0 Å². The second-order valence-electron chi connectivity index (χ2n) is 6.01. The number of fused-ring (bicyclic) bond motifs is 1. The van der Waals surface area contributed by atoms with E-state index in [0.717, 1.165) is 22.2 Å². The third-order valence-electron chi connectivity index (χ3n) is 4.14. The molecule has 0 aliphatic rings. The number of methoxy groups -OCH3 is 1. The van der Waals surface area contributed by atoms with Gasteiger partial charge in [0.2, 0.25) is 5.01 Å². The molecular formula is C20H16N4O4S. The molecule has 0 bridgehead atoms. The second kappa shape index (κ2) is 8.11. The van der Waals surface area contributed by atoms with Gasteiger partial charge in [-0.15, -0.1) is 10.2 Å². The van der Waals surface area contributed by atoms with Gasteiger partial charge in [0, 0.05) is 22.8 Å². The molecule has 0 aliphatic carbocycles. The van der Waals surface area contributed by atoms with E-state index in [1.807, 2.05) is 24.3 Å². The van der Waals surface area contributed by atoms with Crippen molar-refractivity contribution in [3.05, 3.63) is 70.3 Å². The average molecular weight is 408 g/mol. The molecule has 2 N–H and O–H groups in total. The molecule has 0 saturated heterocycles. The number of benzene rings is 2. The van der Waals surface area contributed by atoms with Crippen molar-refractivity contribution in [2.24, 2.45) is 0 Å². The summed E-state index contributed by atoms with van der Waals surface area (Å²) in [5, 5.41) is 11.9. The van der Waals surface area contributed by atoms with Crippen LogP contribution in [0.25, 0.3) is 10.9 Å². The number of hydrogen-bond acceptors (Lipinski definition) is 7. The lowest BCUT2D eigenvalue weighted by molar-refractivity contribution is 0.0474. The Morgan fingerprint density at radius 1 is 1.10 bits per heavy atom. The SMILES string of the molecule is COc1ccc(NC(=O)c2nnc(COC(=O)c3c[nH]c4ccccc34)s2)cc1. The minimum atomic E-state index is -0.470. The second-order valence-corrected chi connectivity index (χ2v) is 7.07. The van der Waals surface area contributed by atoms with Gasteiger partial charge in [-0.3, -0.25) is 4.79 Å². The lowest BCUT2D eigenvalue weighted by Gasteiger charge is -2.04. The van der Waals surface area contributed by atoms with Crippen LogP contribution in [-0.2, 0) is 11.3 Å². The van der Waals surface area contributed by atoms with E-state index in [4.69, 9.17) is 9.47 Å². The van der Waals surface area contributed by atoms with Crippen molar-refractivity contribution in [1.29, 1.82) is 0 Å². The van der Waals surface area contributed by atoms with Crippen LogP contribution < -0.4 is 10.1 Å². The Morgan fingerprint density at radius 3 is 2.69 bits per heavy atom. The van der Waals surface area contributed by atoms with Gasteiger partial charge in [-0.1, -0.05) is 29.5 Å². The number of ether oxygens (including phenoxy) is 2. The van der Waals surface area contributed by atoms with Crippen molar-refractivity contribution < 1.29 is 19.1 Å². The first-order valence-electron chi connectivity index (χ1n) is 8.65. The average Bonchev–Trinajstić information content (AvgIpc) is 3.40. The van der Waals surface area contributed by atoms with Crippen molar-refractivity contribution in [1.82, 2.24) is 15.2 Å². The summed E-state index contributed by atoms with van der Waals surface area (Å²) in [6, 6.07) is 14.4. The molecule has 29 heavy (non-hydrogen) atoms. The first-order chi connectivity index (χ1) is 14.1. The summed E-state index contributed by atoms with van der Waals surface area (Å²) in [5.74, 6) is -0.165. The monoisotopic (exact) mass is 408 g/mol. The van der Waals surface area contributed by atoms with Crippen LogP contribution >= 0.6 is 11.3 Å². The maximum absolute atomic E-state index is 12.4. The Bertz CT molecular complexity index is 1170. The zero-order chi connectivity index (χ0) is 20.2. The summed E-state index contributed by atoms with van der Waals surface area (Å²) in [4.78, 5) is 27.7. The molecule has 0 aliphatic heterocycles. The van der Waals surface area contributed by atoms with Gasteiger partial charge in [0.15, 0.2) is 5.01 Å². The smallest absolute Gasteiger partial charge is 0.340 e. The topological polar surface area (TPSA) is 106 Å². The molecule has 1 amide bonds. The van der Waals surface area contributed by atoms with Gasteiger partial charge >= 0.3 is 5.97 Å². The molecule has 8 nitrogen and oxygen atoms in total. The number of amides is 1. The Balaban J connectivity index is 1.37. The molecule has 0 saturated carbocycles. The van der Waals surface area contributed by atoms with Gasteiger partial charge in [-0.05, 0) is 30.3 Å². The molecule has 4 rings (SSSR count). The molecule has 2 heterocycles. The number of rotatable bonds is 6. The Kier molecular flexibility index (Phi) is 5.21. The molecule has 146 valence electrons. The highest BCUT2D eigenvalue weighted by Gasteiger charge is 2.17. The third-order valence-corrected chi connectivity index (χ3v) is 5.04. The lowest BCUT2D eigenvalue weighted by Crippen LogP contribution is -2.11. The summed E-state index contributed by atoms with van der Waals surface area (Å²) >= 11 is 1.07. The largest absolute Gasteiger partial charge is 0.497 e. The van der Waals surface area contributed by atoms with E-state index in [2.05, 4.69) is 20.5 Å². The number of nitrogens with zero attached hydrogens (tertiary/aromatic N) is 2. The summed E-state index contributed by atoms with van der Waals surface area (Å²) in [7, 11) is 1.57. The van der Waals surface area contributed by atoms with Gasteiger partial charge in [0.25, 0.3) is 5.91 Å². The van der Waals surface area contributed by atoms with Crippen molar-refractivity contribution in [2.75, 3.05) is 12.4 Å². The minimum Gasteiger partial charge on any atom is -0.497 e. The number of aromatic amines is 1. The van der Waals surface area contributed by atoms with Crippen LogP contribution in [0.5, 0.6) is 5.75 Å². The van der Waals surface area contributed by atoms with Crippen LogP contribution in [0.1, 0.15) is 25.2 Å². The van der Waals surface area contributed by atoms with Crippen molar-refractivity contribution in [3.63, 3.8) is 0 Å². The van der Waals surface area contributed by atoms with Gasteiger partial charge in [0.1, 0.15) is 12.4 Å². The van der Waals surface area contributed by atoms with Crippen LogP contribution in [0.2, 0.25) is 0 Å². The maximum Gasteiger partial charge on any atom is 0.340 e. The highest BCUT2D eigenvalue weighted by atomic mass is 32.1. The number of esters is 1. The van der Waals surface area contributed by atoms with Crippen LogP contribution in [0, 0.1) is 0 Å². The predicted molar refractivity (Wildman–Crippen MR) is 108 cm³/mol. The van der Waals surface area contributed by atoms with Crippen LogP contribution in [0.3, 0.4) is 0 Å².